The molecule has 0 aliphatic rings. The van der Waals surface area contributed by atoms with Gasteiger partial charge in [-0.2, -0.15) is 11.8 Å². The van der Waals surface area contributed by atoms with Gasteiger partial charge in [0.1, 0.15) is 11.6 Å². The van der Waals surface area contributed by atoms with E-state index >= 15 is 0 Å². The highest BCUT2D eigenvalue weighted by molar-refractivity contribution is 7.98. The molecule has 0 saturated carbocycles. The summed E-state index contributed by atoms with van der Waals surface area (Å²) in [6.07, 6.45) is 4.21. The molecule has 25 heavy (non-hydrogen) atoms. The number of nitrogens with one attached hydrogen (secondary N) is 1. The molecule has 8 heteroatoms. The maximum absolute atomic E-state index is 12.9. The smallest absolute Gasteiger partial charge is 0.237 e. The molecule has 0 unspecified atom stereocenters. The van der Waals surface area contributed by atoms with E-state index in [0.717, 1.165) is 11.3 Å². The highest BCUT2D eigenvalue weighted by Crippen LogP contribution is 2.20. The van der Waals surface area contributed by atoms with Crippen molar-refractivity contribution in [3.63, 3.8) is 0 Å². The predicted molar refractivity (Wildman–Crippen MR) is 101 cm³/mol. The van der Waals surface area contributed by atoms with Crippen LogP contribution in [-0.4, -0.2) is 28.9 Å². The molecule has 2 rings (SSSR count). The second-order valence-electron chi connectivity index (χ2n) is 5.16. The first-order valence-corrected chi connectivity index (χ1v) is 8.88. The first-order chi connectivity index (χ1) is 11.6. The number of hydrogen-bond donors (Lipinski definition) is 2. The summed E-state index contributed by atoms with van der Waals surface area (Å²) in [4.78, 5) is 16.0. The lowest BCUT2D eigenvalue weighted by atomic mass is 10.2. The van der Waals surface area contributed by atoms with Gasteiger partial charge in [-0.15, -0.1) is 12.4 Å². The number of aromatic nitrogens is 1. The van der Waals surface area contributed by atoms with Crippen molar-refractivity contribution < 1.29 is 13.9 Å². The van der Waals surface area contributed by atoms with Gasteiger partial charge in [-0.25, -0.2) is 9.37 Å². The fourth-order valence-corrected chi connectivity index (χ4v) is 2.43. The first-order valence-electron chi connectivity index (χ1n) is 7.49. The van der Waals surface area contributed by atoms with E-state index < -0.39 is 6.04 Å². The fraction of sp³-hybridized carbons (Fsp3) is 0.294. The molecule has 1 aromatic carbocycles. The Morgan fingerprint density at radius 2 is 2.08 bits per heavy atom. The third-order valence-corrected chi connectivity index (χ3v) is 3.92. The number of thioether (sulfide) groups is 1. The summed E-state index contributed by atoms with van der Waals surface area (Å²) < 4.78 is 18.4. The van der Waals surface area contributed by atoms with Crippen molar-refractivity contribution in [3.05, 3.63) is 54.0 Å². The first kappa shape index (κ1) is 21.2. The molecule has 1 heterocycles. The number of ether oxygens (including phenoxy) is 1. The van der Waals surface area contributed by atoms with Gasteiger partial charge in [0.25, 0.3) is 0 Å². The molecule has 2 aromatic rings. The van der Waals surface area contributed by atoms with Crippen LogP contribution in [0.1, 0.15) is 12.0 Å². The van der Waals surface area contributed by atoms with Gasteiger partial charge in [-0.05, 0) is 54.3 Å². The number of nitrogens with zero attached hydrogens (tertiary/aromatic N) is 1. The van der Waals surface area contributed by atoms with Gasteiger partial charge >= 0.3 is 0 Å². The number of rotatable bonds is 8. The minimum absolute atomic E-state index is 0. The molecule has 0 radical (unpaired) electrons. The van der Waals surface area contributed by atoms with Crippen molar-refractivity contribution in [2.45, 2.75) is 19.0 Å². The van der Waals surface area contributed by atoms with E-state index in [2.05, 4.69) is 10.3 Å². The van der Waals surface area contributed by atoms with E-state index in [4.69, 9.17) is 10.5 Å². The van der Waals surface area contributed by atoms with Gasteiger partial charge in [0.15, 0.2) is 0 Å². The van der Waals surface area contributed by atoms with E-state index in [1.807, 2.05) is 6.26 Å². The van der Waals surface area contributed by atoms with Crippen LogP contribution in [0.2, 0.25) is 0 Å². The van der Waals surface area contributed by atoms with Gasteiger partial charge in [0.05, 0.1) is 6.04 Å². The number of carbonyl (C=O) groups excluding carboxylic acids is 1. The lowest BCUT2D eigenvalue weighted by Crippen LogP contribution is -2.40. The highest BCUT2D eigenvalue weighted by atomic mass is 35.5. The molecular weight excluding hydrogens is 365 g/mol. The molecule has 3 N–H and O–H groups in total. The zero-order chi connectivity index (χ0) is 17.4. The van der Waals surface area contributed by atoms with Crippen LogP contribution in [0, 0.1) is 5.82 Å². The monoisotopic (exact) mass is 385 g/mol. The summed E-state index contributed by atoms with van der Waals surface area (Å²) in [5.74, 6) is 1.20. The van der Waals surface area contributed by atoms with Crippen LogP contribution in [0.15, 0.2) is 42.6 Å². The van der Waals surface area contributed by atoms with Crippen molar-refractivity contribution in [2.24, 2.45) is 5.73 Å². The second kappa shape index (κ2) is 10.9. The number of halogens is 2. The van der Waals surface area contributed by atoms with Crippen molar-refractivity contribution >= 4 is 30.1 Å². The average molecular weight is 386 g/mol. The third kappa shape index (κ3) is 7.29. The Kier molecular flexibility index (Phi) is 9.26. The molecule has 0 fully saturated rings. The van der Waals surface area contributed by atoms with Gasteiger partial charge in [-0.3, -0.25) is 4.79 Å². The molecular formula is C17H21ClFN3O2S. The van der Waals surface area contributed by atoms with E-state index in [1.54, 1.807) is 30.1 Å². The van der Waals surface area contributed by atoms with Crippen molar-refractivity contribution in [3.8, 4) is 11.6 Å². The van der Waals surface area contributed by atoms with E-state index in [9.17, 15) is 9.18 Å². The number of hydrogen-bond acceptors (Lipinski definition) is 5. The molecule has 0 aliphatic carbocycles. The summed E-state index contributed by atoms with van der Waals surface area (Å²) in [6.45, 7) is 0.341. The Morgan fingerprint density at radius 1 is 1.36 bits per heavy atom. The number of amides is 1. The van der Waals surface area contributed by atoms with Gasteiger partial charge in [0, 0.05) is 18.8 Å². The van der Waals surface area contributed by atoms with Crippen LogP contribution >= 0.6 is 24.2 Å². The van der Waals surface area contributed by atoms with E-state index in [-0.39, 0.29) is 24.1 Å². The van der Waals surface area contributed by atoms with E-state index in [0.29, 0.717) is 24.6 Å². The van der Waals surface area contributed by atoms with Crippen LogP contribution in [0.3, 0.4) is 0 Å². The fourth-order valence-electron chi connectivity index (χ4n) is 1.94. The number of carbonyl (C=O) groups is 1. The normalized spacial score (nSPS) is 11.3. The summed E-state index contributed by atoms with van der Waals surface area (Å²) in [7, 11) is 0. The van der Waals surface area contributed by atoms with Crippen molar-refractivity contribution in [1.82, 2.24) is 10.3 Å². The minimum atomic E-state index is -0.505. The minimum Gasteiger partial charge on any atom is -0.439 e. The maximum atomic E-state index is 12.9. The Bertz CT molecular complexity index is 673. The summed E-state index contributed by atoms with van der Waals surface area (Å²) in [5, 5.41) is 2.80. The zero-order valence-electron chi connectivity index (χ0n) is 13.8. The number of pyridine rings is 1. The summed E-state index contributed by atoms with van der Waals surface area (Å²) >= 11 is 1.66. The molecule has 1 atom stereocenters. The lowest BCUT2D eigenvalue weighted by Gasteiger charge is -2.12. The second-order valence-corrected chi connectivity index (χ2v) is 6.15. The largest absolute Gasteiger partial charge is 0.439 e. The molecule has 136 valence electrons. The van der Waals surface area contributed by atoms with Crippen LogP contribution < -0.4 is 15.8 Å². The van der Waals surface area contributed by atoms with Crippen LogP contribution in [0.4, 0.5) is 4.39 Å². The molecule has 5 nitrogen and oxygen atoms in total. The van der Waals surface area contributed by atoms with Gasteiger partial charge in [0.2, 0.25) is 11.8 Å². The van der Waals surface area contributed by atoms with Crippen molar-refractivity contribution in [2.75, 3.05) is 12.0 Å². The predicted octanol–water partition coefficient (Wildman–Crippen LogP) is 3.13. The Hall–Kier alpha value is -1.83. The maximum Gasteiger partial charge on any atom is 0.237 e. The average Bonchev–Trinajstić information content (AvgIpc) is 2.60. The molecule has 1 aromatic heterocycles. The third-order valence-electron chi connectivity index (χ3n) is 3.27. The van der Waals surface area contributed by atoms with Crippen molar-refractivity contribution in [1.29, 1.82) is 0 Å². The molecule has 0 saturated heterocycles. The Balaban J connectivity index is 0.00000312. The highest BCUT2D eigenvalue weighted by Gasteiger charge is 2.12. The van der Waals surface area contributed by atoms with Crippen LogP contribution in [-0.2, 0) is 11.3 Å². The Morgan fingerprint density at radius 3 is 2.76 bits per heavy atom. The zero-order valence-corrected chi connectivity index (χ0v) is 15.4. The summed E-state index contributed by atoms with van der Waals surface area (Å²) in [6, 6.07) is 8.67. The lowest BCUT2D eigenvalue weighted by molar-refractivity contribution is -0.122. The standard InChI is InChI=1S/C17H20FN3O2S.ClH/c1-24-9-7-15(19)17(22)21-11-12-6-8-20-16(10-12)23-14-4-2-13(18)3-5-14;/h2-6,8,10,15H,7,9,11,19H2,1H3,(H,21,22);1H/t15-;/m0./s1. The van der Waals surface area contributed by atoms with Crippen LogP contribution in [0.25, 0.3) is 0 Å². The quantitative estimate of drug-likeness (QED) is 0.730. The number of benzene rings is 1. The molecule has 0 aliphatic heterocycles. The topological polar surface area (TPSA) is 77.2 Å². The molecule has 0 spiro atoms. The molecule has 0 bridgehead atoms. The SMILES string of the molecule is CSCC[C@H](N)C(=O)NCc1ccnc(Oc2ccc(F)cc2)c1.Cl. The summed E-state index contributed by atoms with van der Waals surface area (Å²) in [5.41, 5.74) is 6.66. The van der Waals surface area contributed by atoms with Gasteiger partial charge < -0.3 is 15.8 Å². The molecule has 1 amide bonds. The van der Waals surface area contributed by atoms with E-state index in [1.165, 1.54) is 24.3 Å². The number of nitrogens with two attached hydrogens (primary N) is 1. The Labute approximate surface area is 157 Å². The van der Waals surface area contributed by atoms with Gasteiger partial charge in [-0.1, -0.05) is 0 Å². The van der Waals surface area contributed by atoms with Crippen LogP contribution in [0.5, 0.6) is 11.6 Å².